The molecule has 0 radical (unpaired) electrons. The summed E-state index contributed by atoms with van der Waals surface area (Å²) in [6.45, 7) is 0.525. The predicted molar refractivity (Wildman–Crippen MR) is 114 cm³/mol. The van der Waals surface area contributed by atoms with Gasteiger partial charge in [-0.25, -0.2) is 9.97 Å². The minimum absolute atomic E-state index is 0.122. The van der Waals surface area contributed by atoms with E-state index in [1.54, 1.807) is 42.9 Å². The summed E-state index contributed by atoms with van der Waals surface area (Å²) in [4.78, 5) is 35.2. The van der Waals surface area contributed by atoms with Crippen LogP contribution in [-0.2, 0) is 13.1 Å². The van der Waals surface area contributed by atoms with Crippen molar-refractivity contribution in [3.8, 4) is 11.1 Å². The summed E-state index contributed by atoms with van der Waals surface area (Å²) in [5.41, 5.74) is 4.35. The molecule has 0 saturated heterocycles. The van der Waals surface area contributed by atoms with Gasteiger partial charge in [0.05, 0.1) is 29.6 Å². The molecule has 2 N–H and O–H groups in total. The normalized spacial score (nSPS) is 12.8. The number of amides is 2. The Labute approximate surface area is 178 Å². The number of hydrogen-bond acceptors (Lipinski definition) is 6. The Morgan fingerprint density at radius 3 is 2.13 bits per heavy atom. The molecule has 0 aliphatic carbocycles. The average molecular weight is 410 g/mol. The third kappa shape index (κ3) is 3.55. The zero-order valence-corrected chi connectivity index (χ0v) is 16.4. The van der Waals surface area contributed by atoms with Crippen LogP contribution in [0.25, 0.3) is 11.1 Å². The van der Waals surface area contributed by atoms with E-state index < -0.39 is 0 Å². The van der Waals surface area contributed by atoms with E-state index in [-0.39, 0.29) is 18.4 Å². The fourth-order valence-electron chi connectivity index (χ4n) is 3.54. The molecule has 8 nitrogen and oxygen atoms in total. The highest BCUT2D eigenvalue weighted by atomic mass is 16.2. The molecule has 8 heteroatoms. The summed E-state index contributed by atoms with van der Waals surface area (Å²) in [5, 5.41) is 10.1. The monoisotopic (exact) mass is 410 g/mol. The second kappa shape index (κ2) is 7.83. The molecule has 1 aliphatic heterocycles. The molecular weight excluding hydrogens is 392 g/mol. The van der Waals surface area contributed by atoms with Gasteiger partial charge in [-0.05, 0) is 17.7 Å². The van der Waals surface area contributed by atoms with E-state index in [4.69, 9.17) is 0 Å². The first-order valence-electron chi connectivity index (χ1n) is 9.78. The first kappa shape index (κ1) is 18.7. The Morgan fingerprint density at radius 2 is 1.45 bits per heavy atom. The van der Waals surface area contributed by atoms with E-state index in [1.807, 2.05) is 30.3 Å². The zero-order valence-electron chi connectivity index (χ0n) is 16.4. The van der Waals surface area contributed by atoms with E-state index in [0.717, 1.165) is 16.7 Å². The Hall–Kier alpha value is -4.33. The van der Waals surface area contributed by atoms with Crippen molar-refractivity contribution in [3.63, 3.8) is 0 Å². The van der Waals surface area contributed by atoms with Gasteiger partial charge in [-0.3, -0.25) is 19.6 Å². The summed E-state index contributed by atoms with van der Waals surface area (Å²) in [6.07, 6.45) is 5.19. The number of H-pyrrole nitrogens is 1. The zero-order chi connectivity index (χ0) is 21.2. The SMILES string of the molecule is O=C1c2ccccc2C(=O)N1Cc1[nH]ncc1CNc1ncc(-c2ccccc2)cn1. The maximum Gasteiger partial charge on any atom is 0.261 e. The van der Waals surface area contributed by atoms with Gasteiger partial charge >= 0.3 is 0 Å². The molecular formula is C23H18N6O2. The van der Waals surface area contributed by atoms with Gasteiger partial charge < -0.3 is 5.32 Å². The number of rotatable bonds is 6. The van der Waals surface area contributed by atoms with Gasteiger partial charge in [-0.1, -0.05) is 42.5 Å². The van der Waals surface area contributed by atoms with Gasteiger partial charge in [0.25, 0.3) is 11.8 Å². The van der Waals surface area contributed by atoms with Gasteiger partial charge in [0.1, 0.15) is 0 Å². The van der Waals surface area contributed by atoms with E-state index in [1.165, 1.54) is 4.90 Å². The van der Waals surface area contributed by atoms with Crippen molar-refractivity contribution in [1.29, 1.82) is 0 Å². The maximum absolute atomic E-state index is 12.6. The Balaban J connectivity index is 1.26. The van der Waals surface area contributed by atoms with Crippen molar-refractivity contribution in [2.45, 2.75) is 13.1 Å². The number of carbonyl (C=O) groups is 2. The van der Waals surface area contributed by atoms with Crippen LogP contribution in [0.4, 0.5) is 5.95 Å². The van der Waals surface area contributed by atoms with Gasteiger partial charge in [0.2, 0.25) is 5.95 Å². The third-order valence-corrected chi connectivity index (χ3v) is 5.20. The lowest BCUT2D eigenvalue weighted by molar-refractivity contribution is 0.0640. The Bertz CT molecular complexity index is 1220. The lowest BCUT2D eigenvalue weighted by Crippen LogP contribution is -2.29. The van der Waals surface area contributed by atoms with E-state index in [9.17, 15) is 9.59 Å². The first-order chi connectivity index (χ1) is 15.2. The lowest BCUT2D eigenvalue weighted by Gasteiger charge is -2.14. The van der Waals surface area contributed by atoms with Crippen molar-refractivity contribution < 1.29 is 9.59 Å². The molecule has 0 atom stereocenters. The van der Waals surface area contributed by atoms with Crippen LogP contribution in [0, 0.1) is 0 Å². The first-order valence-corrected chi connectivity index (χ1v) is 9.78. The fraction of sp³-hybridized carbons (Fsp3) is 0.0870. The largest absolute Gasteiger partial charge is 0.350 e. The number of nitrogens with one attached hydrogen (secondary N) is 2. The second-order valence-electron chi connectivity index (χ2n) is 7.13. The molecule has 0 unspecified atom stereocenters. The number of hydrogen-bond donors (Lipinski definition) is 2. The maximum atomic E-state index is 12.6. The molecule has 0 bridgehead atoms. The van der Waals surface area contributed by atoms with Gasteiger partial charge in [0.15, 0.2) is 0 Å². The topological polar surface area (TPSA) is 104 Å². The van der Waals surface area contributed by atoms with Crippen LogP contribution in [0.15, 0.2) is 73.2 Å². The smallest absolute Gasteiger partial charge is 0.261 e. The van der Waals surface area contributed by atoms with E-state index in [2.05, 4.69) is 25.5 Å². The predicted octanol–water partition coefficient (Wildman–Crippen LogP) is 3.28. The van der Waals surface area contributed by atoms with Crippen LogP contribution in [0.3, 0.4) is 0 Å². The fourth-order valence-corrected chi connectivity index (χ4v) is 3.54. The molecule has 2 amide bonds. The minimum atomic E-state index is -0.297. The van der Waals surface area contributed by atoms with Crippen LogP contribution in [-0.4, -0.2) is 36.9 Å². The lowest BCUT2D eigenvalue weighted by atomic mass is 10.1. The van der Waals surface area contributed by atoms with E-state index >= 15 is 0 Å². The van der Waals surface area contributed by atoms with Crippen molar-refractivity contribution >= 4 is 17.8 Å². The number of aromatic amines is 1. The van der Waals surface area contributed by atoms with Gasteiger partial charge in [0, 0.05) is 30.1 Å². The molecule has 152 valence electrons. The molecule has 3 heterocycles. The van der Waals surface area contributed by atoms with Crippen LogP contribution in [0.1, 0.15) is 32.0 Å². The molecule has 0 spiro atoms. The highest BCUT2D eigenvalue weighted by Crippen LogP contribution is 2.24. The summed E-state index contributed by atoms with van der Waals surface area (Å²) >= 11 is 0. The molecule has 5 rings (SSSR count). The highest BCUT2D eigenvalue weighted by molar-refractivity contribution is 6.21. The second-order valence-corrected chi connectivity index (χ2v) is 7.13. The molecule has 2 aromatic heterocycles. The molecule has 1 aliphatic rings. The number of fused-ring (bicyclic) bond motifs is 1. The number of nitrogens with zero attached hydrogens (tertiary/aromatic N) is 4. The number of imide groups is 1. The quantitative estimate of drug-likeness (QED) is 0.473. The van der Waals surface area contributed by atoms with Crippen LogP contribution in [0.2, 0.25) is 0 Å². The minimum Gasteiger partial charge on any atom is -0.350 e. The van der Waals surface area contributed by atoms with Gasteiger partial charge in [-0.2, -0.15) is 5.10 Å². The molecule has 2 aromatic carbocycles. The Kier molecular flexibility index (Phi) is 4.72. The number of aromatic nitrogens is 4. The van der Waals surface area contributed by atoms with Crippen molar-refractivity contribution in [2.75, 3.05) is 5.32 Å². The summed E-state index contributed by atoms with van der Waals surface area (Å²) in [5.74, 6) is -0.115. The van der Waals surface area contributed by atoms with E-state index in [0.29, 0.717) is 29.3 Å². The van der Waals surface area contributed by atoms with Crippen molar-refractivity contribution in [3.05, 3.63) is 95.6 Å². The number of benzene rings is 2. The molecule has 0 fully saturated rings. The van der Waals surface area contributed by atoms with Crippen molar-refractivity contribution in [2.24, 2.45) is 0 Å². The number of anilines is 1. The Morgan fingerprint density at radius 1 is 0.806 bits per heavy atom. The molecule has 31 heavy (non-hydrogen) atoms. The highest BCUT2D eigenvalue weighted by Gasteiger charge is 2.35. The number of carbonyl (C=O) groups excluding carboxylic acids is 2. The molecule has 0 saturated carbocycles. The van der Waals surface area contributed by atoms with Crippen molar-refractivity contribution in [1.82, 2.24) is 25.1 Å². The van der Waals surface area contributed by atoms with Crippen LogP contribution in [0.5, 0.6) is 0 Å². The summed E-state index contributed by atoms with van der Waals surface area (Å²) in [6, 6.07) is 16.7. The summed E-state index contributed by atoms with van der Waals surface area (Å²) in [7, 11) is 0. The van der Waals surface area contributed by atoms with Gasteiger partial charge in [-0.15, -0.1) is 0 Å². The standard InChI is InChI=1S/C23H18N6O2/c30-21-18-8-4-5-9-19(18)22(31)29(21)14-20-17(13-27-28-20)12-26-23-24-10-16(11-25-23)15-6-2-1-3-7-15/h1-11,13H,12,14H2,(H,27,28)(H,24,25,26). The average Bonchev–Trinajstić information content (AvgIpc) is 3.37. The third-order valence-electron chi connectivity index (χ3n) is 5.20. The summed E-state index contributed by atoms with van der Waals surface area (Å²) < 4.78 is 0. The van der Waals surface area contributed by atoms with Crippen LogP contribution < -0.4 is 5.32 Å². The van der Waals surface area contributed by atoms with Crippen LogP contribution >= 0.6 is 0 Å². The molecule has 4 aromatic rings.